The number of nitrogens with one attached hydrogen (secondary N) is 1. The lowest BCUT2D eigenvalue weighted by molar-refractivity contribution is -0.143. The van der Waals surface area contributed by atoms with E-state index in [1.807, 2.05) is 0 Å². The van der Waals surface area contributed by atoms with Gasteiger partial charge in [-0.05, 0) is 77.0 Å². The number of carbonyl (C=O) groups is 2. The van der Waals surface area contributed by atoms with Crippen molar-refractivity contribution < 1.29 is 24.5 Å². The van der Waals surface area contributed by atoms with Gasteiger partial charge in [-0.3, -0.25) is 9.59 Å². The molecule has 0 saturated carbocycles. The van der Waals surface area contributed by atoms with Crippen LogP contribution in [0, 0.1) is 0 Å². The number of hydrogen-bond donors (Lipinski definition) is 3. The monoisotopic (exact) mass is 1000 g/mol. The number of carbonyl (C=O) groups excluding carboxylic acids is 2. The van der Waals surface area contributed by atoms with E-state index in [4.69, 9.17) is 4.74 Å². The second kappa shape index (κ2) is 60.9. The van der Waals surface area contributed by atoms with Crippen molar-refractivity contribution in [3.63, 3.8) is 0 Å². The minimum absolute atomic E-state index is 0.0124. The Labute approximate surface area is 443 Å². The van der Waals surface area contributed by atoms with E-state index < -0.39 is 12.1 Å². The molecular formula is C65H125NO5. The van der Waals surface area contributed by atoms with Crippen LogP contribution in [0.15, 0.2) is 24.3 Å². The van der Waals surface area contributed by atoms with Gasteiger partial charge in [-0.25, -0.2) is 0 Å². The van der Waals surface area contributed by atoms with Crippen molar-refractivity contribution in [1.82, 2.24) is 5.32 Å². The maximum absolute atomic E-state index is 12.5. The number of aliphatic hydroxyl groups is 2. The van der Waals surface area contributed by atoms with E-state index >= 15 is 0 Å². The van der Waals surface area contributed by atoms with Gasteiger partial charge >= 0.3 is 5.97 Å². The Bertz CT molecular complexity index is 1110. The van der Waals surface area contributed by atoms with E-state index in [2.05, 4.69) is 43.5 Å². The largest absolute Gasteiger partial charge is 0.466 e. The molecule has 0 radical (unpaired) electrons. The second-order valence-corrected chi connectivity index (χ2v) is 22.1. The highest BCUT2D eigenvalue weighted by Gasteiger charge is 2.20. The molecule has 0 aliphatic heterocycles. The summed E-state index contributed by atoms with van der Waals surface area (Å²) in [4.78, 5) is 24.6. The van der Waals surface area contributed by atoms with Gasteiger partial charge in [-0.2, -0.15) is 0 Å². The van der Waals surface area contributed by atoms with Gasteiger partial charge in [0.2, 0.25) is 5.91 Å². The number of amides is 1. The van der Waals surface area contributed by atoms with Crippen molar-refractivity contribution in [2.24, 2.45) is 0 Å². The van der Waals surface area contributed by atoms with Crippen molar-refractivity contribution in [1.29, 1.82) is 0 Å². The van der Waals surface area contributed by atoms with Crippen LogP contribution in [0.3, 0.4) is 0 Å². The molecule has 0 spiro atoms. The van der Waals surface area contributed by atoms with Gasteiger partial charge in [-0.15, -0.1) is 0 Å². The Morgan fingerprint density at radius 2 is 0.662 bits per heavy atom. The third-order valence-electron chi connectivity index (χ3n) is 15.0. The van der Waals surface area contributed by atoms with Crippen LogP contribution >= 0.6 is 0 Å². The Hall–Kier alpha value is -1.66. The third kappa shape index (κ3) is 57.5. The van der Waals surface area contributed by atoms with Crippen molar-refractivity contribution >= 4 is 11.9 Å². The van der Waals surface area contributed by atoms with Crippen LogP contribution in [0.25, 0.3) is 0 Å². The first kappa shape index (κ1) is 69.3. The van der Waals surface area contributed by atoms with Crippen LogP contribution in [0.2, 0.25) is 0 Å². The summed E-state index contributed by atoms with van der Waals surface area (Å²) in [6.07, 6.45) is 74.7. The summed E-state index contributed by atoms with van der Waals surface area (Å²) in [5.74, 6) is -0.0592. The number of hydrogen-bond acceptors (Lipinski definition) is 5. The molecule has 0 aliphatic rings. The molecule has 2 unspecified atom stereocenters. The van der Waals surface area contributed by atoms with E-state index in [1.54, 1.807) is 0 Å². The van der Waals surface area contributed by atoms with Gasteiger partial charge in [-0.1, -0.05) is 289 Å². The molecule has 6 nitrogen and oxygen atoms in total. The minimum atomic E-state index is -0.676. The zero-order valence-electron chi connectivity index (χ0n) is 48.0. The molecule has 3 N–H and O–H groups in total. The van der Waals surface area contributed by atoms with Gasteiger partial charge < -0.3 is 20.3 Å². The Kier molecular flexibility index (Phi) is 59.5. The van der Waals surface area contributed by atoms with Crippen LogP contribution in [-0.2, 0) is 14.3 Å². The number of esters is 1. The van der Waals surface area contributed by atoms with Crippen molar-refractivity contribution in [3.05, 3.63) is 24.3 Å². The van der Waals surface area contributed by atoms with E-state index in [-0.39, 0.29) is 18.5 Å². The van der Waals surface area contributed by atoms with Gasteiger partial charge in [0.1, 0.15) is 0 Å². The lowest BCUT2D eigenvalue weighted by atomic mass is 10.0. The molecule has 71 heavy (non-hydrogen) atoms. The molecule has 0 bridgehead atoms. The van der Waals surface area contributed by atoms with Crippen LogP contribution in [0.5, 0.6) is 0 Å². The molecule has 0 rings (SSSR count). The van der Waals surface area contributed by atoms with Crippen LogP contribution in [0.4, 0.5) is 0 Å². The van der Waals surface area contributed by atoms with Crippen molar-refractivity contribution in [2.45, 2.75) is 366 Å². The van der Waals surface area contributed by atoms with E-state index in [9.17, 15) is 19.8 Å². The molecule has 0 aromatic heterocycles. The predicted molar refractivity (Wildman–Crippen MR) is 310 cm³/mol. The van der Waals surface area contributed by atoms with Gasteiger partial charge in [0.05, 0.1) is 25.4 Å². The average molecular weight is 1000 g/mol. The molecular weight excluding hydrogens is 875 g/mol. The van der Waals surface area contributed by atoms with Crippen LogP contribution in [0.1, 0.15) is 354 Å². The standard InChI is InChI=1S/C65H125NO5/c1-3-5-7-9-11-13-15-17-19-21-22-23-24-25-27-29-33-37-41-45-49-53-57-63(68)62(61-67)66-64(69)58-54-50-46-42-38-34-30-28-32-36-40-44-48-52-56-60-71-65(70)59-55-51-47-43-39-35-31-26-20-18-16-14-12-10-8-6-4-2/h18,20,32,36,62-63,67-68H,3-17,19,21-31,33-35,37-61H2,1-2H3,(H,66,69)/b20-18-,36-32-. The molecule has 6 heteroatoms. The molecule has 2 atom stereocenters. The number of rotatable bonds is 60. The summed E-state index contributed by atoms with van der Waals surface area (Å²) in [5.41, 5.74) is 0. The molecule has 0 aromatic carbocycles. The maximum Gasteiger partial charge on any atom is 0.305 e. The lowest BCUT2D eigenvalue weighted by Crippen LogP contribution is -2.45. The number of aliphatic hydroxyl groups excluding tert-OH is 2. The average Bonchev–Trinajstić information content (AvgIpc) is 3.37. The van der Waals surface area contributed by atoms with E-state index in [1.165, 1.54) is 250 Å². The smallest absolute Gasteiger partial charge is 0.305 e. The quantitative estimate of drug-likeness (QED) is 0.0320. The fraction of sp³-hybridized carbons (Fsp3) is 0.908. The van der Waals surface area contributed by atoms with Crippen molar-refractivity contribution in [3.8, 4) is 0 Å². The van der Waals surface area contributed by atoms with Gasteiger partial charge in [0.25, 0.3) is 0 Å². The first-order chi connectivity index (χ1) is 35.0. The molecule has 0 aliphatic carbocycles. The summed E-state index contributed by atoms with van der Waals surface area (Å²) < 4.78 is 5.48. The Morgan fingerprint density at radius 1 is 0.380 bits per heavy atom. The highest BCUT2D eigenvalue weighted by Crippen LogP contribution is 2.18. The molecule has 0 heterocycles. The zero-order valence-corrected chi connectivity index (χ0v) is 48.0. The fourth-order valence-electron chi connectivity index (χ4n) is 10.0. The highest BCUT2D eigenvalue weighted by atomic mass is 16.5. The summed E-state index contributed by atoms with van der Waals surface area (Å²) in [7, 11) is 0. The number of ether oxygens (including phenoxy) is 1. The third-order valence-corrected chi connectivity index (χ3v) is 15.0. The SMILES string of the molecule is CCCCCCCC/C=C\CCCCCCCCCC(=O)OCCCCCC/C=C\CCCCCCCCCC(=O)NC(CO)C(O)CCCCCCCCCCCCCCCCCCCCCCCC. The van der Waals surface area contributed by atoms with Gasteiger partial charge in [0.15, 0.2) is 0 Å². The summed E-state index contributed by atoms with van der Waals surface area (Å²) in [6.45, 7) is 4.94. The number of unbranched alkanes of at least 4 members (excludes halogenated alkanes) is 45. The molecule has 0 saturated heterocycles. The predicted octanol–water partition coefficient (Wildman–Crippen LogP) is 20.2. The van der Waals surface area contributed by atoms with Crippen LogP contribution in [-0.4, -0.2) is 47.4 Å². The minimum Gasteiger partial charge on any atom is -0.466 e. The molecule has 420 valence electrons. The van der Waals surface area contributed by atoms with Crippen LogP contribution < -0.4 is 5.32 Å². The topological polar surface area (TPSA) is 95.9 Å². The summed E-state index contributed by atoms with van der Waals surface area (Å²) in [6, 6.07) is -0.554. The normalized spacial score (nSPS) is 12.7. The fourth-order valence-corrected chi connectivity index (χ4v) is 10.0. The first-order valence-electron chi connectivity index (χ1n) is 32.1. The Balaban J connectivity index is 3.46. The van der Waals surface area contributed by atoms with E-state index in [0.29, 0.717) is 25.9 Å². The highest BCUT2D eigenvalue weighted by molar-refractivity contribution is 5.76. The summed E-state index contributed by atoms with van der Waals surface area (Å²) in [5, 5.41) is 23.4. The number of allylic oxidation sites excluding steroid dienone is 4. The summed E-state index contributed by atoms with van der Waals surface area (Å²) >= 11 is 0. The second-order valence-electron chi connectivity index (χ2n) is 22.1. The molecule has 1 amide bonds. The maximum atomic E-state index is 12.5. The lowest BCUT2D eigenvalue weighted by Gasteiger charge is -2.22. The van der Waals surface area contributed by atoms with Crippen molar-refractivity contribution in [2.75, 3.05) is 13.2 Å². The molecule has 0 aromatic rings. The van der Waals surface area contributed by atoms with Gasteiger partial charge in [0, 0.05) is 12.8 Å². The first-order valence-corrected chi connectivity index (χ1v) is 32.1. The molecule has 0 fully saturated rings. The zero-order chi connectivity index (χ0) is 51.4. The van der Waals surface area contributed by atoms with E-state index in [0.717, 1.165) is 70.6 Å². The Morgan fingerprint density at radius 3 is 1.00 bits per heavy atom.